The second-order valence-electron chi connectivity index (χ2n) is 4.21. The van der Waals surface area contributed by atoms with E-state index in [9.17, 15) is 9.18 Å². The maximum atomic E-state index is 12.8. The van der Waals surface area contributed by atoms with Crippen molar-refractivity contribution in [1.82, 2.24) is 10.5 Å². The van der Waals surface area contributed by atoms with E-state index in [2.05, 4.69) is 10.5 Å². The van der Waals surface area contributed by atoms with Crippen molar-refractivity contribution in [2.75, 3.05) is 20.3 Å². The van der Waals surface area contributed by atoms with Crippen LogP contribution in [0.3, 0.4) is 0 Å². The van der Waals surface area contributed by atoms with E-state index in [0.717, 1.165) is 0 Å². The van der Waals surface area contributed by atoms with Gasteiger partial charge in [-0.1, -0.05) is 5.16 Å². The zero-order valence-electron chi connectivity index (χ0n) is 11.1. The molecule has 0 saturated heterocycles. The number of rotatable bonds is 6. The van der Waals surface area contributed by atoms with Crippen LogP contribution in [-0.4, -0.2) is 31.3 Å². The van der Waals surface area contributed by atoms with Gasteiger partial charge in [0.05, 0.1) is 18.7 Å². The fourth-order valence-corrected chi connectivity index (χ4v) is 1.66. The first kappa shape index (κ1) is 14.2. The van der Waals surface area contributed by atoms with Crippen molar-refractivity contribution in [3.05, 3.63) is 41.8 Å². The van der Waals surface area contributed by atoms with Gasteiger partial charge in [0.15, 0.2) is 5.76 Å². The number of benzene rings is 1. The predicted molar refractivity (Wildman–Crippen MR) is 70.5 cm³/mol. The van der Waals surface area contributed by atoms with Crippen molar-refractivity contribution in [2.45, 2.75) is 6.42 Å². The van der Waals surface area contributed by atoms with E-state index in [1.165, 1.54) is 12.1 Å². The van der Waals surface area contributed by atoms with Gasteiger partial charge in [-0.3, -0.25) is 4.79 Å². The van der Waals surface area contributed by atoms with Gasteiger partial charge in [-0.2, -0.15) is 0 Å². The smallest absolute Gasteiger partial charge is 0.226 e. The zero-order valence-corrected chi connectivity index (χ0v) is 11.1. The lowest BCUT2D eigenvalue weighted by molar-refractivity contribution is -0.120. The third-order valence-electron chi connectivity index (χ3n) is 2.66. The summed E-state index contributed by atoms with van der Waals surface area (Å²) in [5, 5.41) is 6.52. The van der Waals surface area contributed by atoms with Crippen LogP contribution < -0.4 is 5.32 Å². The highest BCUT2D eigenvalue weighted by Gasteiger charge is 2.10. The van der Waals surface area contributed by atoms with Crippen LogP contribution in [-0.2, 0) is 16.0 Å². The van der Waals surface area contributed by atoms with E-state index in [4.69, 9.17) is 9.26 Å². The van der Waals surface area contributed by atoms with Crippen LogP contribution in [0.5, 0.6) is 0 Å². The average Bonchev–Trinajstić information content (AvgIpc) is 2.88. The van der Waals surface area contributed by atoms with E-state index < -0.39 is 0 Å². The highest BCUT2D eigenvalue weighted by atomic mass is 19.1. The summed E-state index contributed by atoms with van der Waals surface area (Å²) in [4.78, 5) is 11.6. The molecule has 2 rings (SSSR count). The Balaban J connectivity index is 1.95. The van der Waals surface area contributed by atoms with Crippen LogP contribution in [0.4, 0.5) is 4.39 Å². The van der Waals surface area contributed by atoms with Gasteiger partial charge in [-0.15, -0.1) is 0 Å². The van der Waals surface area contributed by atoms with E-state index in [1.807, 2.05) is 0 Å². The molecule has 1 N–H and O–H groups in total. The molecule has 0 atom stereocenters. The molecule has 0 aliphatic carbocycles. The SMILES string of the molecule is COCCNC(=O)Cc1cc(-c2ccc(F)cc2)on1. The van der Waals surface area contributed by atoms with Crippen molar-refractivity contribution in [2.24, 2.45) is 0 Å². The lowest BCUT2D eigenvalue weighted by Gasteiger charge is -2.01. The fraction of sp³-hybridized carbons (Fsp3) is 0.286. The van der Waals surface area contributed by atoms with Crippen molar-refractivity contribution >= 4 is 5.91 Å². The number of halogens is 1. The van der Waals surface area contributed by atoms with Crippen molar-refractivity contribution < 1.29 is 18.4 Å². The third kappa shape index (κ3) is 3.89. The van der Waals surface area contributed by atoms with Crippen LogP contribution in [0, 0.1) is 5.82 Å². The molecule has 0 radical (unpaired) electrons. The minimum atomic E-state index is -0.314. The molecule has 6 heteroatoms. The molecule has 2 aromatic rings. The summed E-state index contributed by atoms with van der Waals surface area (Å²) in [5.74, 6) is 0.0386. The summed E-state index contributed by atoms with van der Waals surface area (Å²) in [5.41, 5.74) is 1.24. The number of aromatic nitrogens is 1. The number of hydrogen-bond acceptors (Lipinski definition) is 4. The third-order valence-corrected chi connectivity index (χ3v) is 2.66. The van der Waals surface area contributed by atoms with Crippen LogP contribution in [0.25, 0.3) is 11.3 Å². The highest BCUT2D eigenvalue weighted by molar-refractivity contribution is 5.78. The largest absolute Gasteiger partial charge is 0.383 e. The van der Waals surface area contributed by atoms with Crippen molar-refractivity contribution in [3.8, 4) is 11.3 Å². The molecule has 1 heterocycles. The highest BCUT2D eigenvalue weighted by Crippen LogP contribution is 2.20. The Hall–Kier alpha value is -2.21. The van der Waals surface area contributed by atoms with E-state index >= 15 is 0 Å². The second-order valence-corrected chi connectivity index (χ2v) is 4.21. The molecule has 0 bridgehead atoms. The first-order valence-electron chi connectivity index (χ1n) is 6.16. The number of nitrogens with zero attached hydrogens (tertiary/aromatic N) is 1. The average molecular weight is 278 g/mol. The van der Waals surface area contributed by atoms with Gasteiger partial charge in [0.2, 0.25) is 5.91 Å². The Morgan fingerprint density at radius 2 is 2.15 bits per heavy atom. The summed E-state index contributed by atoms with van der Waals surface area (Å²) in [6.45, 7) is 0.920. The first-order valence-corrected chi connectivity index (χ1v) is 6.16. The number of hydrogen-bond donors (Lipinski definition) is 1. The summed E-state index contributed by atoms with van der Waals surface area (Å²) in [7, 11) is 1.57. The molecule has 0 aliphatic rings. The van der Waals surface area contributed by atoms with E-state index in [1.54, 1.807) is 25.3 Å². The molecule has 0 spiro atoms. The minimum absolute atomic E-state index is 0.133. The maximum absolute atomic E-state index is 12.8. The molecule has 1 aromatic heterocycles. The van der Waals surface area contributed by atoms with Crippen LogP contribution >= 0.6 is 0 Å². The molecular formula is C14H15FN2O3. The Morgan fingerprint density at radius 1 is 1.40 bits per heavy atom. The number of ether oxygens (including phenoxy) is 1. The number of amides is 1. The number of carbonyl (C=O) groups excluding carboxylic acids is 1. The molecule has 20 heavy (non-hydrogen) atoms. The molecule has 0 aliphatic heterocycles. The Morgan fingerprint density at radius 3 is 2.85 bits per heavy atom. The Bertz CT molecular complexity index is 566. The van der Waals surface area contributed by atoms with Gasteiger partial charge in [-0.25, -0.2) is 4.39 Å². The van der Waals surface area contributed by atoms with Crippen LogP contribution in [0.1, 0.15) is 5.69 Å². The van der Waals surface area contributed by atoms with Crippen molar-refractivity contribution in [1.29, 1.82) is 0 Å². The first-order chi connectivity index (χ1) is 9.69. The zero-order chi connectivity index (χ0) is 14.4. The summed E-state index contributed by atoms with van der Waals surface area (Å²) >= 11 is 0. The monoisotopic (exact) mass is 278 g/mol. The molecule has 5 nitrogen and oxygen atoms in total. The molecular weight excluding hydrogens is 263 g/mol. The van der Waals surface area contributed by atoms with Gasteiger partial charge in [0.25, 0.3) is 0 Å². The predicted octanol–water partition coefficient (Wildman–Crippen LogP) is 1.79. The standard InChI is InChI=1S/C14H15FN2O3/c1-19-7-6-16-14(18)9-12-8-13(20-17-12)10-2-4-11(15)5-3-10/h2-5,8H,6-7,9H2,1H3,(H,16,18). The summed E-state index contributed by atoms with van der Waals surface area (Å²) in [6.07, 6.45) is 0.133. The van der Waals surface area contributed by atoms with Gasteiger partial charge in [0.1, 0.15) is 5.82 Å². The number of nitrogens with one attached hydrogen (secondary N) is 1. The maximum Gasteiger partial charge on any atom is 0.226 e. The van der Waals surface area contributed by atoms with Gasteiger partial charge < -0.3 is 14.6 Å². The summed E-state index contributed by atoms with van der Waals surface area (Å²) in [6, 6.07) is 7.55. The summed E-state index contributed by atoms with van der Waals surface area (Å²) < 4.78 is 22.8. The van der Waals surface area contributed by atoms with Crippen molar-refractivity contribution in [3.63, 3.8) is 0 Å². The topological polar surface area (TPSA) is 64.4 Å². The van der Waals surface area contributed by atoms with Crippen LogP contribution in [0.15, 0.2) is 34.9 Å². The quantitative estimate of drug-likeness (QED) is 0.818. The minimum Gasteiger partial charge on any atom is -0.383 e. The second kappa shape index (κ2) is 6.81. The lowest BCUT2D eigenvalue weighted by atomic mass is 10.1. The Kier molecular flexibility index (Phi) is 4.84. The molecule has 106 valence electrons. The number of carbonyl (C=O) groups is 1. The lowest BCUT2D eigenvalue weighted by Crippen LogP contribution is -2.28. The number of methoxy groups -OCH3 is 1. The molecule has 0 fully saturated rings. The van der Waals surface area contributed by atoms with Gasteiger partial charge in [0, 0.05) is 25.3 Å². The molecule has 1 amide bonds. The van der Waals surface area contributed by atoms with E-state index in [0.29, 0.717) is 30.2 Å². The Labute approximate surface area is 115 Å². The van der Waals surface area contributed by atoms with Gasteiger partial charge in [-0.05, 0) is 24.3 Å². The molecule has 0 unspecified atom stereocenters. The molecule has 1 aromatic carbocycles. The van der Waals surface area contributed by atoms with Gasteiger partial charge >= 0.3 is 0 Å². The van der Waals surface area contributed by atoms with Crippen LogP contribution in [0.2, 0.25) is 0 Å². The normalized spacial score (nSPS) is 10.5. The fourth-order valence-electron chi connectivity index (χ4n) is 1.66. The molecule has 0 saturated carbocycles. The van der Waals surface area contributed by atoms with E-state index in [-0.39, 0.29) is 18.1 Å².